The van der Waals surface area contributed by atoms with Gasteiger partial charge < -0.3 is 5.32 Å². The van der Waals surface area contributed by atoms with Crippen LogP contribution in [-0.4, -0.2) is 27.5 Å². The number of sulfonamides is 1. The van der Waals surface area contributed by atoms with E-state index in [4.69, 9.17) is 0 Å². The molecular formula is C13H20ClFN2O2S. The zero-order valence-corrected chi connectivity index (χ0v) is 13.0. The smallest absolute Gasteiger partial charge is 0.240 e. The molecule has 7 heteroatoms. The van der Waals surface area contributed by atoms with Crippen molar-refractivity contribution >= 4 is 22.4 Å². The van der Waals surface area contributed by atoms with Gasteiger partial charge in [0.05, 0.1) is 4.90 Å². The lowest BCUT2D eigenvalue weighted by atomic mass is 10.2. The second-order valence-corrected chi connectivity index (χ2v) is 6.66. The summed E-state index contributed by atoms with van der Waals surface area (Å²) in [6.45, 7) is 2.97. The van der Waals surface area contributed by atoms with Gasteiger partial charge in [-0.15, -0.1) is 12.4 Å². The molecular weight excluding hydrogens is 303 g/mol. The van der Waals surface area contributed by atoms with Gasteiger partial charge in [-0.1, -0.05) is 6.07 Å². The topological polar surface area (TPSA) is 58.2 Å². The van der Waals surface area contributed by atoms with Crippen molar-refractivity contribution in [3.05, 3.63) is 29.6 Å². The molecule has 1 aliphatic heterocycles. The zero-order chi connectivity index (χ0) is 13.9. The predicted octanol–water partition coefficient (Wildman–Crippen LogP) is 1.98. The maximum absolute atomic E-state index is 13.4. The molecule has 1 fully saturated rings. The van der Waals surface area contributed by atoms with Gasteiger partial charge in [0.2, 0.25) is 10.0 Å². The summed E-state index contributed by atoms with van der Waals surface area (Å²) in [7, 11) is -3.61. The highest BCUT2D eigenvalue weighted by molar-refractivity contribution is 7.89. The third kappa shape index (κ3) is 4.41. The average molecular weight is 323 g/mol. The minimum atomic E-state index is -3.61. The molecule has 1 atom stereocenters. The minimum Gasteiger partial charge on any atom is -0.314 e. The summed E-state index contributed by atoms with van der Waals surface area (Å²) in [5.74, 6) is -0.500. The van der Waals surface area contributed by atoms with E-state index >= 15 is 0 Å². The fourth-order valence-corrected chi connectivity index (χ4v) is 3.25. The maximum Gasteiger partial charge on any atom is 0.240 e. The zero-order valence-electron chi connectivity index (χ0n) is 11.4. The Morgan fingerprint density at radius 2 is 2.20 bits per heavy atom. The molecule has 0 radical (unpaired) electrons. The summed E-state index contributed by atoms with van der Waals surface area (Å²) in [4.78, 5) is -0.0185. The summed E-state index contributed by atoms with van der Waals surface area (Å²) in [6, 6.07) is 4.35. The highest BCUT2D eigenvalue weighted by atomic mass is 35.5. The van der Waals surface area contributed by atoms with Crippen LogP contribution in [-0.2, 0) is 10.0 Å². The monoisotopic (exact) mass is 322 g/mol. The summed E-state index contributed by atoms with van der Waals surface area (Å²) in [5.41, 5.74) is 0.439. The first kappa shape index (κ1) is 17.4. The molecule has 0 bridgehead atoms. The number of rotatable bonds is 5. The number of aryl methyl sites for hydroxylation is 1. The van der Waals surface area contributed by atoms with Crippen molar-refractivity contribution in [2.75, 3.05) is 13.1 Å². The van der Waals surface area contributed by atoms with E-state index in [1.54, 1.807) is 6.92 Å². The van der Waals surface area contributed by atoms with Crippen LogP contribution in [0, 0.1) is 12.7 Å². The van der Waals surface area contributed by atoms with Crippen molar-refractivity contribution in [2.24, 2.45) is 0 Å². The molecule has 1 heterocycles. The number of nitrogens with one attached hydrogen (secondary N) is 2. The maximum atomic E-state index is 13.4. The van der Waals surface area contributed by atoms with Crippen LogP contribution in [0.4, 0.5) is 4.39 Å². The van der Waals surface area contributed by atoms with Crippen molar-refractivity contribution in [1.29, 1.82) is 0 Å². The van der Waals surface area contributed by atoms with E-state index in [0.29, 0.717) is 18.2 Å². The van der Waals surface area contributed by atoms with E-state index in [1.165, 1.54) is 12.1 Å². The molecule has 2 rings (SSSR count). The van der Waals surface area contributed by atoms with Crippen LogP contribution in [0.2, 0.25) is 0 Å². The Hall–Kier alpha value is -0.690. The Morgan fingerprint density at radius 3 is 2.80 bits per heavy atom. The summed E-state index contributed by atoms with van der Waals surface area (Å²) >= 11 is 0. The van der Waals surface area contributed by atoms with Crippen molar-refractivity contribution < 1.29 is 12.8 Å². The van der Waals surface area contributed by atoms with Gasteiger partial charge in [0.15, 0.2) is 0 Å². The lowest BCUT2D eigenvalue weighted by molar-refractivity contribution is 0.538. The van der Waals surface area contributed by atoms with E-state index in [9.17, 15) is 12.8 Å². The van der Waals surface area contributed by atoms with Crippen LogP contribution in [0.15, 0.2) is 23.1 Å². The third-order valence-corrected chi connectivity index (χ3v) is 4.86. The lowest BCUT2D eigenvalue weighted by Gasteiger charge is -2.11. The molecule has 0 unspecified atom stereocenters. The first-order chi connectivity index (χ1) is 8.99. The lowest BCUT2D eigenvalue weighted by Crippen LogP contribution is -2.30. The van der Waals surface area contributed by atoms with Gasteiger partial charge >= 0.3 is 0 Å². The molecule has 1 aromatic carbocycles. The van der Waals surface area contributed by atoms with E-state index in [2.05, 4.69) is 10.0 Å². The number of halogens is 2. The fourth-order valence-electron chi connectivity index (χ4n) is 2.19. The van der Waals surface area contributed by atoms with Gasteiger partial charge in [-0.25, -0.2) is 17.5 Å². The van der Waals surface area contributed by atoms with E-state index in [1.807, 2.05) is 0 Å². The van der Waals surface area contributed by atoms with Gasteiger partial charge in [0.25, 0.3) is 0 Å². The second kappa shape index (κ2) is 7.36. The first-order valence-corrected chi connectivity index (χ1v) is 7.96. The molecule has 1 aromatic rings. The van der Waals surface area contributed by atoms with E-state index in [0.717, 1.165) is 31.9 Å². The van der Waals surface area contributed by atoms with Crippen molar-refractivity contribution in [1.82, 2.24) is 10.0 Å². The summed E-state index contributed by atoms with van der Waals surface area (Å²) in [5, 5.41) is 3.30. The summed E-state index contributed by atoms with van der Waals surface area (Å²) in [6.07, 6.45) is 2.98. The molecule has 0 saturated carbocycles. The Balaban J connectivity index is 0.00000200. The van der Waals surface area contributed by atoms with Crippen molar-refractivity contribution in [3.8, 4) is 0 Å². The molecule has 0 aromatic heterocycles. The molecule has 4 nitrogen and oxygen atoms in total. The summed E-state index contributed by atoms with van der Waals surface area (Å²) < 4.78 is 39.8. The van der Waals surface area contributed by atoms with Crippen molar-refractivity contribution in [3.63, 3.8) is 0 Å². The molecule has 20 heavy (non-hydrogen) atoms. The fraction of sp³-hybridized carbons (Fsp3) is 0.538. The molecule has 1 aliphatic rings. The first-order valence-electron chi connectivity index (χ1n) is 6.48. The predicted molar refractivity (Wildman–Crippen MR) is 79.2 cm³/mol. The van der Waals surface area contributed by atoms with Crippen molar-refractivity contribution in [2.45, 2.75) is 37.1 Å². The van der Waals surface area contributed by atoms with Crippen LogP contribution in [0.5, 0.6) is 0 Å². The van der Waals surface area contributed by atoms with E-state index < -0.39 is 15.8 Å². The highest BCUT2D eigenvalue weighted by Gasteiger charge is 2.17. The molecule has 1 saturated heterocycles. The van der Waals surface area contributed by atoms with Crippen LogP contribution in [0.3, 0.4) is 0 Å². The molecule has 0 amide bonds. The standard InChI is InChI=1S/C13H19FN2O2S.ClH/c1-10-4-5-12(9-13(10)14)19(17,18)16-8-6-11-3-2-7-15-11;/h4-5,9,11,15-16H,2-3,6-8H2,1H3;1H/t11-;/m1./s1. The molecule has 2 N–H and O–H groups in total. The number of benzene rings is 1. The Morgan fingerprint density at radius 1 is 1.45 bits per heavy atom. The highest BCUT2D eigenvalue weighted by Crippen LogP contribution is 2.14. The Labute approximate surface area is 125 Å². The quantitative estimate of drug-likeness (QED) is 0.871. The average Bonchev–Trinajstić information content (AvgIpc) is 2.85. The van der Waals surface area contributed by atoms with E-state index in [-0.39, 0.29) is 17.3 Å². The van der Waals surface area contributed by atoms with Gasteiger partial charge in [-0.3, -0.25) is 0 Å². The molecule has 0 aliphatic carbocycles. The Kier molecular flexibility index (Phi) is 6.39. The third-order valence-electron chi connectivity index (χ3n) is 3.40. The number of hydrogen-bond donors (Lipinski definition) is 2. The van der Waals surface area contributed by atoms with Gasteiger partial charge in [-0.2, -0.15) is 0 Å². The van der Waals surface area contributed by atoms with Crippen LogP contribution >= 0.6 is 12.4 Å². The SMILES string of the molecule is Cc1ccc(S(=O)(=O)NCC[C@H]2CCCN2)cc1F.Cl. The Bertz CT molecular complexity index is 545. The largest absolute Gasteiger partial charge is 0.314 e. The van der Waals surface area contributed by atoms with Crippen LogP contribution < -0.4 is 10.0 Å². The minimum absolute atomic E-state index is 0. The second-order valence-electron chi connectivity index (χ2n) is 4.89. The van der Waals surface area contributed by atoms with Crippen LogP contribution in [0.25, 0.3) is 0 Å². The normalized spacial score (nSPS) is 18.8. The van der Waals surface area contributed by atoms with Gasteiger partial charge in [-0.05, 0) is 50.4 Å². The van der Waals surface area contributed by atoms with Crippen LogP contribution in [0.1, 0.15) is 24.8 Å². The molecule has 0 spiro atoms. The van der Waals surface area contributed by atoms with Gasteiger partial charge in [0.1, 0.15) is 5.82 Å². The molecule has 114 valence electrons. The van der Waals surface area contributed by atoms with Gasteiger partial charge in [0, 0.05) is 12.6 Å². The number of hydrogen-bond acceptors (Lipinski definition) is 3.